The number of Topliss-reactive ketones (excluding diaryl/α,β-unsaturated/α-hetero) is 1. The summed E-state index contributed by atoms with van der Waals surface area (Å²) in [5.41, 5.74) is 0.712. The van der Waals surface area contributed by atoms with Crippen LogP contribution in [0, 0.1) is 0 Å². The van der Waals surface area contributed by atoms with Crippen molar-refractivity contribution in [2.75, 3.05) is 27.7 Å². The molecule has 0 N–H and O–H groups in total. The predicted octanol–water partition coefficient (Wildman–Crippen LogP) is 2.58. The van der Waals surface area contributed by atoms with Gasteiger partial charge in [0, 0.05) is 18.4 Å². The molecule has 0 unspecified atom stereocenters. The fraction of sp³-hybridized carbons (Fsp3) is 0.357. The second-order valence-electron chi connectivity index (χ2n) is 4.49. The standard InChI is InChI=1S/C14H17NO3/c1-15(2)7-6-12(16)14-9-10-8-11(17-3)4-5-13(10)18-14/h4-5,8-9H,6-7H2,1-3H3. The van der Waals surface area contributed by atoms with Crippen LogP contribution in [0.1, 0.15) is 17.0 Å². The van der Waals surface area contributed by atoms with E-state index in [0.717, 1.165) is 17.7 Å². The maximum absolute atomic E-state index is 11.9. The van der Waals surface area contributed by atoms with Gasteiger partial charge in [0.1, 0.15) is 11.3 Å². The molecule has 1 aromatic heterocycles. The highest BCUT2D eigenvalue weighted by molar-refractivity contribution is 5.97. The fourth-order valence-electron chi connectivity index (χ4n) is 1.73. The van der Waals surface area contributed by atoms with Crippen LogP contribution in [-0.2, 0) is 0 Å². The summed E-state index contributed by atoms with van der Waals surface area (Å²) in [6.45, 7) is 0.721. The maximum Gasteiger partial charge on any atom is 0.199 e. The van der Waals surface area contributed by atoms with Gasteiger partial charge in [-0.3, -0.25) is 4.79 Å². The van der Waals surface area contributed by atoms with E-state index >= 15 is 0 Å². The summed E-state index contributed by atoms with van der Waals surface area (Å²) < 4.78 is 10.7. The molecule has 0 spiro atoms. The molecule has 2 aromatic rings. The van der Waals surface area contributed by atoms with E-state index in [9.17, 15) is 4.79 Å². The molecule has 2 rings (SSSR count). The molecule has 0 amide bonds. The van der Waals surface area contributed by atoms with Crippen molar-refractivity contribution in [2.24, 2.45) is 0 Å². The van der Waals surface area contributed by atoms with Gasteiger partial charge in [0.2, 0.25) is 0 Å². The van der Waals surface area contributed by atoms with Gasteiger partial charge in [-0.2, -0.15) is 0 Å². The number of nitrogens with zero attached hydrogens (tertiary/aromatic N) is 1. The lowest BCUT2D eigenvalue weighted by atomic mass is 10.2. The molecule has 0 aliphatic heterocycles. The van der Waals surface area contributed by atoms with Gasteiger partial charge in [0.25, 0.3) is 0 Å². The predicted molar refractivity (Wildman–Crippen MR) is 70.3 cm³/mol. The Balaban J connectivity index is 2.21. The van der Waals surface area contributed by atoms with Gasteiger partial charge in [-0.15, -0.1) is 0 Å². The van der Waals surface area contributed by atoms with Gasteiger partial charge in [0.15, 0.2) is 11.5 Å². The van der Waals surface area contributed by atoms with E-state index in [2.05, 4.69) is 0 Å². The number of benzene rings is 1. The molecule has 0 atom stereocenters. The van der Waals surface area contributed by atoms with Crippen molar-refractivity contribution in [1.29, 1.82) is 0 Å². The number of carbonyl (C=O) groups is 1. The molecule has 0 bridgehead atoms. The van der Waals surface area contributed by atoms with Gasteiger partial charge >= 0.3 is 0 Å². The molecule has 0 aliphatic carbocycles. The van der Waals surface area contributed by atoms with Gasteiger partial charge in [-0.25, -0.2) is 0 Å². The molecule has 0 saturated carbocycles. The fourth-order valence-corrected chi connectivity index (χ4v) is 1.73. The van der Waals surface area contributed by atoms with Crippen molar-refractivity contribution in [1.82, 2.24) is 4.90 Å². The van der Waals surface area contributed by atoms with Crippen molar-refractivity contribution in [3.05, 3.63) is 30.0 Å². The minimum atomic E-state index is 0.0267. The first-order valence-corrected chi connectivity index (χ1v) is 5.85. The first-order valence-electron chi connectivity index (χ1n) is 5.85. The highest BCUT2D eigenvalue weighted by Gasteiger charge is 2.12. The minimum absolute atomic E-state index is 0.0267. The summed E-state index contributed by atoms with van der Waals surface area (Å²) in [7, 11) is 5.50. The molecule has 96 valence electrons. The Morgan fingerprint density at radius 2 is 2.11 bits per heavy atom. The first-order chi connectivity index (χ1) is 8.60. The van der Waals surface area contributed by atoms with Crippen molar-refractivity contribution >= 4 is 16.8 Å². The molecule has 0 radical (unpaired) electrons. The van der Waals surface area contributed by atoms with Crippen LogP contribution in [-0.4, -0.2) is 38.4 Å². The Morgan fingerprint density at radius 1 is 1.33 bits per heavy atom. The lowest BCUT2D eigenvalue weighted by molar-refractivity contribution is 0.0947. The third-order valence-electron chi connectivity index (χ3n) is 2.78. The largest absolute Gasteiger partial charge is 0.497 e. The average Bonchev–Trinajstić information content (AvgIpc) is 2.78. The SMILES string of the molecule is COc1ccc2oc(C(=O)CCN(C)C)cc2c1. The van der Waals surface area contributed by atoms with Gasteiger partial charge in [-0.1, -0.05) is 0 Å². The first kappa shape index (κ1) is 12.6. The zero-order valence-electron chi connectivity index (χ0n) is 10.9. The average molecular weight is 247 g/mol. The number of carbonyl (C=O) groups excluding carboxylic acids is 1. The van der Waals surface area contributed by atoms with Crippen LogP contribution in [0.3, 0.4) is 0 Å². The molecule has 0 aliphatic rings. The van der Waals surface area contributed by atoms with Crippen LogP contribution in [0.2, 0.25) is 0 Å². The van der Waals surface area contributed by atoms with Crippen LogP contribution in [0.4, 0.5) is 0 Å². The van der Waals surface area contributed by atoms with E-state index in [1.807, 2.05) is 37.2 Å². The molecule has 18 heavy (non-hydrogen) atoms. The molecule has 1 heterocycles. The Kier molecular flexibility index (Phi) is 3.67. The summed E-state index contributed by atoms with van der Waals surface area (Å²) in [6.07, 6.45) is 0.462. The zero-order chi connectivity index (χ0) is 13.1. The molecule has 0 saturated heterocycles. The van der Waals surface area contributed by atoms with E-state index in [-0.39, 0.29) is 5.78 Å². The smallest absolute Gasteiger partial charge is 0.199 e. The van der Waals surface area contributed by atoms with E-state index in [1.54, 1.807) is 13.2 Å². The third kappa shape index (κ3) is 2.71. The van der Waals surface area contributed by atoms with E-state index in [4.69, 9.17) is 9.15 Å². The topological polar surface area (TPSA) is 42.7 Å². The highest BCUT2D eigenvalue weighted by Crippen LogP contribution is 2.24. The van der Waals surface area contributed by atoms with Crippen molar-refractivity contribution < 1.29 is 13.9 Å². The van der Waals surface area contributed by atoms with Crippen molar-refractivity contribution in [2.45, 2.75) is 6.42 Å². The van der Waals surface area contributed by atoms with Crippen LogP contribution in [0.25, 0.3) is 11.0 Å². The van der Waals surface area contributed by atoms with Gasteiger partial charge in [-0.05, 0) is 38.4 Å². The number of hydrogen-bond acceptors (Lipinski definition) is 4. The number of ketones is 1. The molecule has 1 aromatic carbocycles. The van der Waals surface area contributed by atoms with Crippen LogP contribution in [0.5, 0.6) is 5.75 Å². The van der Waals surface area contributed by atoms with Gasteiger partial charge < -0.3 is 14.1 Å². The second kappa shape index (κ2) is 5.23. The quantitative estimate of drug-likeness (QED) is 0.762. The molecular formula is C14H17NO3. The number of fused-ring (bicyclic) bond motifs is 1. The summed E-state index contributed by atoms with van der Waals surface area (Å²) in [5, 5.41) is 0.891. The van der Waals surface area contributed by atoms with Crippen LogP contribution in [0.15, 0.2) is 28.7 Å². The van der Waals surface area contributed by atoms with Crippen LogP contribution < -0.4 is 4.74 Å². The summed E-state index contributed by atoms with van der Waals surface area (Å²) in [4.78, 5) is 13.9. The Hall–Kier alpha value is -1.81. The third-order valence-corrected chi connectivity index (χ3v) is 2.78. The van der Waals surface area contributed by atoms with Crippen molar-refractivity contribution in [3.63, 3.8) is 0 Å². The van der Waals surface area contributed by atoms with Gasteiger partial charge in [0.05, 0.1) is 7.11 Å². The Labute approximate surface area is 106 Å². The molecular weight excluding hydrogens is 230 g/mol. The second-order valence-corrected chi connectivity index (χ2v) is 4.49. The summed E-state index contributed by atoms with van der Waals surface area (Å²) >= 11 is 0. The molecule has 4 nitrogen and oxygen atoms in total. The molecule has 0 fully saturated rings. The number of methoxy groups -OCH3 is 1. The Bertz CT molecular complexity index is 557. The number of ether oxygens (including phenoxy) is 1. The number of rotatable bonds is 5. The maximum atomic E-state index is 11.9. The lowest BCUT2D eigenvalue weighted by Gasteiger charge is -2.06. The number of hydrogen-bond donors (Lipinski definition) is 0. The lowest BCUT2D eigenvalue weighted by Crippen LogP contribution is -2.16. The minimum Gasteiger partial charge on any atom is -0.497 e. The zero-order valence-corrected chi connectivity index (χ0v) is 10.9. The van der Waals surface area contributed by atoms with E-state index in [0.29, 0.717) is 17.8 Å². The van der Waals surface area contributed by atoms with E-state index in [1.165, 1.54) is 0 Å². The van der Waals surface area contributed by atoms with Crippen LogP contribution >= 0.6 is 0 Å². The highest BCUT2D eigenvalue weighted by atomic mass is 16.5. The normalized spacial score (nSPS) is 11.1. The summed E-state index contributed by atoms with van der Waals surface area (Å²) in [6, 6.07) is 7.27. The Morgan fingerprint density at radius 3 is 2.78 bits per heavy atom. The number of furan rings is 1. The van der Waals surface area contributed by atoms with Crippen molar-refractivity contribution in [3.8, 4) is 5.75 Å². The van der Waals surface area contributed by atoms with E-state index < -0.39 is 0 Å². The summed E-state index contributed by atoms with van der Waals surface area (Å²) in [5.74, 6) is 1.20. The molecule has 4 heteroatoms. The monoisotopic (exact) mass is 247 g/mol.